The average Bonchev–Trinajstić information content (AvgIpc) is 2.90. The predicted molar refractivity (Wildman–Crippen MR) is 138 cm³/mol. The van der Waals surface area contributed by atoms with Crippen LogP contribution in [0.1, 0.15) is 62.4 Å². The largest absolute Gasteiger partial charge is 0.493 e. The molecule has 0 bridgehead atoms. The lowest BCUT2D eigenvalue weighted by molar-refractivity contribution is -0.129. The summed E-state index contributed by atoms with van der Waals surface area (Å²) in [5, 5.41) is 5.84. The van der Waals surface area contributed by atoms with E-state index in [4.69, 9.17) is 4.74 Å². The Morgan fingerprint density at radius 2 is 1.60 bits per heavy atom. The van der Waals surface area contributed by atoms with Crippen molar-refractivity contribution in [2.75, 3.05) is 6.61 Å². The number of aromatic nitrogens is 1. The maximum Gasteiger partial charge on any atom is 0.247 e. The van der Waals surface area contributed by atoms with E-state index in [-0.39, 0.29) is 18.4 Å². The molecule has 35 heavy (non-hydrogen) atoms. The van der Waals surface area contributed by atoms with Gasteiger partial charge in [-0.25, -0.2) is 0 Å². The predicted octanol–water partition coefficient (Wildman–Crippen LogP) is 5.17. The van der Waals surface area contributed by atoms with Crippen molar-refractivity contribution in [3.05, 3.63) is 95.8 Å². The fourth-order valence-corrected chi connectivity index (χ4v) is 3.81. The first-order chi connectivity index (χ1) is 17.0. The minimum atomic E-state index is -0.842. The van der Waals surface area contributed by atoms with E-state index < -0.39 is 12.0 Å². The first-order valence-corrected chi connectivity index (χ1v) is 12.2. The number of rotatable bonds is 12. The number of nitrogens with zero attached hydrogens (tertiary/aromatic N) is 1. The minimum absolute atomic E-state index is 0.220. The van der Waals surface area contributed by atoms with Crippen LogP contribution in [0, 0.1) is 5.92 Å². The number of hydrogen-bond acceptors (Lipinski definition) is 4. The van der Waals surface area contributed by atoms with E-state index >= 15 is 0 Å². The van der Waals surface area contributed by atoms with Gasteiger partial charge in [-0.3, -0.25) is 14.6 Å². The molecule has 2 N–H and O–H groups in total. The Morgan fingerprint density at radius 1 is 0.886 bits per heavy atom. The number of benzene rings is 2. The number of pyridine rings is 1. The van der Waals surface area contributed by atoms with Crippen LogP contribution in [-0.2, 0) is 16.1 Å². The smallest absolute Gasteiger partial charge is 0.247 e. The van der Waals surface area contributed by atoms with E-state index in [2.05, 4.69) is 29.5 Å². The summed E-state index contributed by atoms with van der Waals surface area (Å²) in [6.07, 6.45) is 3.92. The molecule has 2 amide bonds. The van der Waals surface area contributed by atoms with Crippen molar-refractivity contribution >= 4 is 11.8 Å². The summed E-state index contributed by atoms with van der Waals surface area (Å²) < 4.78 is 5.90. The third-order valence-electron chi connectivity index (χ3n) is 5.94. The molecule has 1 heterocycles. The third-order valence-corrected chi connectivity index (χ3v) is 5.94. The van der Waals surface area contributed by atoms with Gasteiger partial charge in [-0.15, -0.1) is 0 Å². The summed E-state index contributed by atoms with van der Waals surface area (Å²) in [5.74, 6) is 0.305. The van der Waals surface area contributed by atoms with Crippen molar-refractivity contribution in [2.24, 2.45) is 5.92 Å². The van der Waals surface area contributed by atoms with E-state index in [9.17, 15) is 9.59 Å². The van der Waals surface area contributed by atoms with Gasteiger partial charge in [0.25, 0.3) is 0 Å². The molecule has 3 rings (SSSR count). The van der Waals surface area contributed by atoms with E-state index in [1.165, 1.54) is 0 Å². The Kier molecular flexibility index (Phi) is 9.84. The molecular formula is C29H35N3O3. The summed E-state index contributed by atoms with van der Waals surface area (Å²) in [5.41, 5.74) is 2.32. The molecule has 3 atom stereocenters. The van der Waals surface area contributed by atoms with Gasteiger partial charge < -0.3 is 15.4 Å². The van der Waals surface area contributed by atoms with E-state index in [0.717, 1.165) is 29.8 Å². The van der Waals surface area contributed by atoms with Crippen LogP contribution in [0.3, 0.4) is 0 Å². The van der Waals surface area contributed by atoms with Gasteiger partial charge in [0, 0.05) is 6.20 Å². The maximum absolute atomic E-state index is 13.2. The first-order valence-electron chi connectivity index (χ1n) is 12.2. The number of amides is 2. The van der Waals surface area contributed by atoms with Crippen LogP contribution in [0.5, 0.6) is 5.75 Å². The number of carbonyl (C=O) groups is 2. The van der Waals surface area contributed by atoms with Gasteiger partial charge >= 0.3 is 0 Å². The molecule has 0 fully saturated rings. The Bertz CT molecular complexity index is 1060. The van der Waals surface area contributed by atoms with Crippen molar-refractivity contribution < 1.29 is 14.3 Å². The fraction of sp³-hybridized carbons (Fsp3) is 0.345. The quantitative estimate of drug-likeness (QED) is 0.380. The second-order valence-electron chi connectivity index (χ2n) is 8.89. The van der Waals surface area contributed by atoms with Crippen molar-refractivity contribution in [1.82, 2.24) is 15.6 Å². The molecule has 0 aliphatic carbocycles. The lowest BCUT2D eigenvalue weighted by Crippen LogP contribution is -2.41. The van der Waals surface area contributed by atoms with Crippen molar-refractivity contribution in [2.45, 2.75) is 52.1 Å². The van der Waals surface area contributed by atoms with E-state index in [1.807, 2.05) is 79.7 Å². The summed E-state index contributed by atoms with van der Waals surface area (Å²) in [6, 6.07) is 21.6. The average molecular weight is 474 g/mol. The lowest BCUT2D eigenvalue weighted by Gasteiger charge is -2.22. The lowest BCUT2D eigenvalue weighted by atomic mass is 9.99. The number of nitrogens with one attached hydrogen (secondary N) is 2. The van der Waals surface area contributed by atoms with Crippen LogP contribution in [0.25, 0.3) is 0 Å². The molecule has 0 radical (unpaired) electrons. The zero-order valence-electron chi connectivity index (χ0n) is 20.7. The van der Waals surface area contributed by atoms with Gasteiger partial charge in [-0.1, -0.05) is 68.8 Å². The molecule has 0 saturated heterocycles. The molecule has 0 aliphatic heterocycles. The van der Waals surface area contributed by atoms with Crippen LogP contribution in [0.4, 0.5) is 0 Å². The minimum Gasteiger partial charge on any atom is -0.493 e. The molecule has 0 aliphatic rings. The number of hydrogen-bond donors (Lipinski definition) is 2. The van der Waals surface area contributed by atoms with Gasteiger partial charge in [-0.05, 0) is 54.7 Å². The van der Waals surface area contributed by atoms with Crippen LogP contribution in [0.15, 0.2) is 79.0 Å². The molecule has 1 unspecified atom stereocenters. The molecule has 6 heteroatoms. The maximum atomic E-state index is 13.2. The first kappa shape index (κ1) is 25.9. The van der Waals surface area contributed by atoms with Crippen molar-refractivity contribution in [3.63, 3.8) is 0 Å². The van der Waals surface area contributed by atoms with E-state index in [1.54, 1.807) is 6.20 Å². The molecule has 2 aromatic carbocycles. The molecular weight excluding hydrogens is 438 g/mol. The highest BCUT2D eigenvalue weighted by atomic mass is 16.5. The second kappa shape index (κ2) is 13.3. The normalized spacial score (nSPS) is 13.3. The zero-order chi connectivity index (χ0) is 25.0. The standard InChI is InChI=1S/C29H35N3O3/c1-4-10-21(2)20-35-26-16-14-24(15-17-26)27(29(34)31-19-25-13-8-9-18-30-25)32-28(33)22(3)23-11-6-5-7-12-23/h5-9,11-18,21-22,27H,4,10,19-20H2,1-3H3,(H,31,34)(H,32,33)/t21?,22-,27+/m0/s1. The van der Waals surface area contributed by atoms with Gasteiger partial charge in [0.15, 0.2) is 0 Å². The Balaban J connectivity index is 1.73. The highest BCUT2D eigenvalue weighted by molar-refractivity contribution is 5.91. The van der Waals surface area contributed by atoms with Crippen molar-refractivity contribution in [3.8, 4) is 5.75 Å². The SMILES string of the molecule is CCCC(C)COc1ccc([C@@H](NC(=O)[C@@H](C)c2ccccc2)C(=O)NCc2ccccn2)cc1. The van der Waals surface area contributed by atoms with Crippen molar-refractivity contribution in [1.29, 1.82) is 0 Å². The monoisotopic (exact) mass is 473 g/mol. The highest BCUT2D eigenvalue weighted by Gasteiger charge is 2.26. The Hall–Kier alpha value is -3.67. The molecule has 184 valence electrons. The summed E-state index contributed by atoms with van der Waals surface area (Å²) in [6.45, 7) is 7.09. The highest BCUT2D eigenvalue weighted by Crippen LogP contribution is 2.22. The zero-order valence-corrected chi connectivity index (χ0v) is 20.7. The van der Waals surface area contributed by atoms with E-state index in [0.29, 0.717) is 18.1 Å². The van der Waals surface area contributed by atoms with Gasteiger partial charge in [0.2, 0.25) is 11.8 Å². The fourth-order valence-electron chi connectivity index (χ4n) is 3.81. The summed E-state index contributed by atoms with van der Waals surface area (Å²) in [4.78, 5) is 30.5. The summed E-state index contributed by atoms with van der Waals surface area (Å²) >= 11 is 0. The third kappa shape index (κ3) is 7.95. The Morgan fingerprint density at radius 3 is 2.26 bits per heavy atom. The molecule has 1 aromatic heterocycles. The van der Waals surface area contributed by atoms with Crippen LogP contribution in [0.2, 0.25) is 0 Å². The van der Waals surface area contributed by atoms with Gasteiger partial charge in [0.05, 0.1) is 24.8 Å². The van der Waals surface area contributed by atoms with Crippen LogP contribution < -0.4 is 15.4 Å². The molecule has 0 spiro atoms. The summed E-state index contributed by atoms with van der Waals surface area (Å²) in [7, 11) is 0. The van der Waals surface area contributed by atoms with Crippen LogP contribution >= 0.6 is 0 Å². The Labute approximate surface area is 208 Å². The van der Waals surface area contributed by atoms with Gasteiger partial charge in [0.1, 0.15) is 11.8 Å². The second-order valence-corrected chi connectivity index (χ2v) is 8.89. The molecule has 6 nitrogen and oxygen atoms in total. The molecule has 0 saturated carbocycles. The van der Waals surface area contributed by atoms with Crippen LogP contribution in [-0.4, -0.2) is 23.4 Å². The van der Waals surface area contributed by atoms with Gasteiger partial charge in [-0.2, -0.15) is 0 Å². The topological polar surface area (TPSA) is 80.3 Å². The number of ether oxygens (including phenoxy) is 1. The number of carbonyl (C=O) groups excluding carboxylic acids is 2. The molecule has 3 aromatic rings.